The van der Waals surface area contributed by atoms with Gasteiger partial charge in [0.25, 0.3) is 0 Å². The van der Waals surface area contributed by atoms with Crippen molar-refractivity contribution in [1.29, 1.82) is 0 Å². The number of likely N-dealkylation sites (tertiary alicyclic amines) is 1. The standard InChI is InChI=1S/C15H21N5O2S/c1-10-4-11(22-14-5-13(21-3)18-9-19-14)7-20(10)8-12-6-17-15(16-2)23-12/h5-6,9-11H,4,7-8H2,1-3H3,(H,16,17). The summed E-state index contributed by atoms with van der Waals surface area (Å²) in [6.07, 6.45) is 4.50. The molecule has 124 valence electrons. The van der Waals surface area contributed by atoms with Crippen LogP contribution in [-0.4, -0.2) is 52.7 Å². The molecule has 0 radical (unpaired) electrons. The van der Waals surface area contributed by atoms with Gasteiger partial charge in [-0.05, 0) is 6.92 Å². The molecule has 1 saturated heterocycles. The van der Waals surface area contributed by atoms with Crippen LogP contribution in [0, 0.1) is 0 Å². The minimum atomic E-state index is 0.126. The molecule has 2 aromatic heterocycles. The van der Waals surface area contributed by atoms with Crippen LogP contribution in [0.2, 0.25) is 0 Å². The molecule has 2 atom stereocenters. The van der Waals surface area contributed by atoms with E-state index in [1.165, 1.54) is 11.2 Å². The number of hydrogen-bond acceptors (Lipinski definition) is 8. The number of anilines is 1. The number of methoxy groups -OCH3 is 1. The van der Waals surface area contributed by atoms with Gasteiger partial charge in [-0.15, -0.1) is 11.3 Å². The Balaban J connectivity index is 1.59. The summed E-state index contributed by atoms with van der Waals surface area (Å²) in [5, 5.41) is 4.03. The maximum Gasteiger partial charge on any atom is 0.220 e. The van der Waals surface area contributed by atoms with Crippen molar-refractivity contribution in [1.82, 2.24) is 19.9 Å². The lowest BCUT2D eigenvalue weighted by molar-refractivity contribution is 0.188. The lowest BCUT2D eigenvalue weighted by Gasteiger charge is -2.19. The van der Waals surface area contributed by atoms with Crippen LogP contribution in [0.15, 0.2) is 18.6 Å². The molecule has 1 aliphatic heterocycles. The van der Waals surface area contributed by atoms with Gasteiger partial charge in [-0.1, -0.05) is 0 Å². The third-order valence-corrected chi connectivity index (χ3v) is 4.90. The number of thiazole rings is 1. The second-order valence-corrected chi connectivity index (χ2v) is 6.65. The molecule has 23 heavy (non-hydrogen) atoms. The third-order valence-electron chi connectivity index (χ3n) is 3.91. The summed E-state index contributed by atoms with van der Waals surface area (Å²) in [6.45, 7) is 4.00. The summed E-state index contributed by atoms with van der Waals surface area (Å²) in [4.78, 5) is 16.1. The van der Waals surface area contributed by atoms with Crippen molar-refractivity contribution in [3.63, 3.8) is 0 Å². The smallest absolute Gasteiger partial charge is 0.220 e. The van der Waals surface area contributed by atoms with E-state index in [9.17, 15) is 0 Å². The van der Waals surface area contributed by atoms with Crippen LogP contribution in [0.4, 0.5) is 5.13 Å². The van der Waals surface area contributed by atoms with E-state index in [-0.39, 0.29) is 6.10 Å². The van der Waals surface area contributed by atoms with E-state index >= 15 is 0 Å². The number of rotatable bonds is 6. The number of nitrogens with one attached hydrogen (secondary N) is 1. The van der Waals surface area contributed by atoms with E-state index in [0.29, 0.717) is 17.8 Å². The summed E-state index contributed by atoms with van der Waals surface area (Å²) < 4.78 is 11.1. The molecule has 0 spiro atoms. The third kappa shape index (κ3) is 3.89. The maximum absolute atomic E-state index is 5.99. The van der Waals surface area contributed by atoms with Gasteiger partial charge in [0, 0.05) is 43.7 Å². The summed E-state index contributed by atoms with van der Waals surface area (Å²) in [7, 11) is 3.47. The first-order chi connectivity index (χ1) is 11.2. The Morgan fingerprint density at radius 1 is 1.35 bits per heavy atom. The second-order valence-electron chi connectivity index (χ2n) is 5.53. The highest BCUT2D eigenvalue weighted by Crippen LogP contribution is 2.26. The molecule has 7 nitrogen and oxygen atoms in total. The Kier molecular flexibility index (Phi) is 4.92. The van der Waals surface area contributed by atoms with Crippen molar-refractivity contribution in [2.45, 2.75) is 32.0 Å². The van der Waals surface area contributed by atoms with Crippen LogP contribution in [0.1, 0.15) is 18.2 Å². The molecule has 1 aliphatic rings. The van der Waals surface area contributed by atoms with Crippen LogP contribution in [0.25, 0.3) is 0 Å². The molecule has 0 amide bonds. The van der Waals surface area contributed by atoms with Crippen LogP contribution in [0.5, 0.6) is 11.8 Å². The SMILES string of the molecule is CNc1ncc(CN2CC(Oc3cc(OC)ncn3)CC2C)s1. The zero-order valence-electron chi connectivity index (χ0n) is 13.5. The molecule has 3 heterocycles. The minimum absolute atomic E-state index is 0.126. The van der Waals surface area contributed by atoms with Crippen LogP contribution in [-0.2, 0) is 6.54 Å². The molecule has 0 aliphatic carbocycles. The molecule has 3 rings (SSSR count). The monoisotopic (exact) mass is 335 g/mol. The van der Waals surface area contributed by atoms with E-state index in [2.05, 4.69) is 32.1 Å². The first-order valence-corrected chi connectivity index (χ1v) is 8.38. The quantitative estimate of drug-likeness (QED) is 0.866. The van der Waals surface area contributed by atoms with E-state index in [0.717, 1.165) is 24.6 Å². The van der Waals surface area contributed by atoms with Crippen molar-refractivity contribution in [2.24, 2.45) is 0 Å². The number of ether oxygens (including phenoxy) is 2. The molecule has 0 aromatic carbocycles. The zero-order chi connectivity index (χ0) is 16.2. The summed E-state index contributed by atoms with van der Waals surface area (Å²) in [6, 6.07) is 2.18. The average molecular weight is 335 g/mol. The normalized spacial score (nSPS) is 21.3. The van der Waals surface area contributed by atoms with E-state index in [4.69, 9.17) is 9.47 Å². The van der Waals surface area contributed by atoms with Crippen molar-refractivity contribution < 1.29 is 9.47 Å². The van der Waals surface area contributed by atoms with Gasteiger partial charge in [0.15, 0.2) is 5.13 Å². The van der Waals surface area contributed by atoms with Gasteiger partial charge in [0.05, 0.1) is 13.2 Å². The van der Waals surface area contributed by atoms with Crippen molar-refractivity contribution >= 4 is 16.5 Å². The summed E-state index contributed by atoms with van der Waals surface area (Å²) >= 11 is 1.69. The predicted molar refractivity (Wildman–Crippen MR) is 89.1 cm³/mol. The molecule has 2 aromatic rings. The molecule has 0 saturated carbocycles. The van der Waals surface area contributed by atoms with Gasteiger partial charge >= 0.3 is 0 Å². The molecular formula is C15H21N5O2S. The highest BCUT2D eigenvalue weighted by atomic mass is 32.1. The first-order valence-electron chi connectivity index (χ1n) is 7.57. The van der Waals surface area contributed by atoms with E-state index < -0.39 is 0 Å². The molecule has 8 heteroatoms. The predicted octanol–water partition coefficient (Wildman–Crippen LogP) is 2.03. The zero-order valence-corrected chi connectivity index (χ0v) is 14.3. The highest BCUT2D eigenvalue weighted by molar-refractivity contribution is 7.15. The average Bonchev–Trinajstić information content (AvgIpc) is 3.15. The van der Waals surface area contributed by atoms with Crippen LogP contribution < -0.4 is 14.8 Å². The Morgan fingerprint density at radius 2 is 2.17 bits per heavy atom. The van der Waals surface area contributed by atoms with Gasteiger partial charge in [-0.3, -0.25) is 4.90 Å². The molecule has 1 fully saturated rings. The van der Waals surface area contributed by atoms with Gasteiger partial charge < -0.3 is 14.8 Å². The van der Waals surface area contributed by atoms with Gasteiger partial charge in [-0.25, -0.2) is 15.0 Å². The number of nitrogens with zero attached hydrogens (tertiary/aromatic N) is 4. The molecule has 2 unspecified atom stereocenters. The van der Waals surface area contributed by atoms with Crippen LogP contribution >= 0.6 is 11.3 Å². The van der Waals surface area contributed by atoms with Crippen molar-refractivity contribution in [3.8, 4) is 11.8 Å². The van der Waals surface area contributed by atoms with Crippen molar-refractivity contribution in [3.05, 3.63) is 23.5 Å². The summed E-state index contributed by atoms with van der Waals surface area (Å²) in [5.74, 6) is 1.08. The van der Waals surface area contributed by atoms with Gasteiger partial charge in [0.2, 0.25) is 11.8 Å². The second kappa shape index (κ2) is 7.10. The molecular weight excluding hydrogens is 314 g/mol. The van der Waals surface area contributed by atoms with E-state index in [1.54, 1.807) is 24.5 Å². The van der Waals surface area contributed by atoms with Gasteiger partial charge in [0.1, 0.15) is 12.4 Å². The maximum atomic E-state index is 5.99. The molecule has 0 bridgehead atoms. The fourth-order valence-electron chi connectivity index (χ4n) is 2.72. The lowest BCUT2D eigenvalue weighted by Crippen LogP contribution is -2.27. The minimum Gasteiger partial charge on any atom is -0.481 e. The lowest BCUT2D eigenvalue weighted by atomic mass is 10.2. The van der Waals surface area contributed by atoms with Gasteiger partial charge in [-0.2, -0.15) is 0 Å². The Morgan fingerprint density at radius 3 is 2.91 bits per heavy atom. The number of aromatic nitrogens is 3. The number of hydrogen-bond donors (Lipinski definition) is 1. The highest BCUT2D eigenvalue weighted by Gasteiger charge is 2.31. The first kappa shape index (κ1) is 15.9. The molecule has 1 N–H and O–H groups in total. The van der Waals surface area contributed by atoms with E-state index in [1.807, 2.05) is 13.2 Å². The fraction of sp³-hybridized carbons (Fsp3) is 0.533. The Labute approximate surface area is 139 Å². The van der Waals surface area contributed by atoms with Crippen LogP contribution in [0.3, 0.4) is 0 Å². The fourth-order valence-corrected chi connectivity index (χ4v) is 3.51. The van der Waals surface area contributed by atoms with Crippen molar-refractivity contribution in [2.75, 3.05) is 26.0 Å². The Hall–Kier alpha value is -1.93. The summed E-state index contributed by atoms with van der Waals surface area (Å²) in [5.41, 5.74) is 0. The largest absolute Gasteiger partial charge is 0.481 e. The Bertz CT molecular complexity index is 650. The topological polar surface area (TPSA) is 72.4 Å².